The molecule has 0 bridgehead atoms. The normalized spacial score (nSPS) is 17.6. The summed E-state index contributed by atoms with van der Waals surface area (Å²) in [6, 6.07) is 3.87. The molecule has 3 heterocycles. The van der Waals surface area contributed by atoms with Gasteiger partial charge in [-0.1, -0.05) is 0 Å². The Morgan fingerprint density at radius 3 is 3.00 bits per heavy atom. The van der Waals surface area contributed by atoms with Gasteiger partial charge in [-0.25, -0.2) is 4.98 Å². The molecule has 0 aliphatic carbocycles. The lowest BCUT2D eigenvalue weighted by Crippen LogP contribution is -2.40. The summed E-state index contributed by atoms with van der Waals surface area (Å²) in [4.78, 5) is 24.2. The summed E-state index contributed by atoms with van der Waals surface area (Å²) in [6.45, 7) is 3.06. The second kappa shape index (κ2) is 9.01. The second-order valence-corrected chi connectivity index (χ2v) is 7.17. The van der Waals surface area contributed by atoms with Gasteiger partial charge in [-0.3, -0.25) is 9.78 Å². The van der Waals surface area contributed by atoms with Gasteiger partial charge in [-0.2, -0.15) is 0 Å². The summed E-state index contributed by atoms with van der Waals surface area (Å²) in [7, 11) is 1.71. The minimum atomic E-state index is 0.196. The number of rotatable bonds is 7. The standard InChI is InChI=1S/C18H24N4O2S/c1-24-12-11-21-10-8-20-18(21)15-3-2-9-22(13-15)17(23)14-25-16-4-6-19-7-5-16/h4-8,10,15H,2-3,9,11-14H2,1H3. The molecular formula is C18H24N4O2S. The van der Waals surface area contributed by atoms with Crippen LogP contribution in [0.4, 0.5) is 0 Å². The maximum atomic E-state index is 12.6. The van der Waals surface area contributed by atoms with E-state index < -0.39 is 0 Å². The van der Waals surface area contributed by atoms with E-state index >= 15 is 0 Å². The second-order valence-electron chi connectivity index (χ2n) is 6.12. The lowest BCUT2D eigenvalue weighted by molar-refractivity contribution is -0.129. The molecule has 0 N–H and O–H groups in total. The molecule has 1 aliphatic heterocycles. The first-order chi connectivity index (χ1) is 12.3. The molecule has 1 unspecified atom stereocenters. The van der Waals surface area contributed by atoms with Crippen LogP contribution in [0.25, 0.3) is 0 Å². The van der Waals surface area contributed by atoms with Crippen LogP contribution in [0.2, 0.25) is 0 Å². The number of hydrogen-bond donors (Lipinski definition) is 0. The van der Waals surface area contributed by atoms with Crippen molar-refractivity contribution in [3.8, 4) is 0 Å². The number of ether oxygens (including phenoxy) is 1. The lowest BCUT2D eigenvalue weighted by Gasteiger charge is -2.32. The number of hydrogen-bond acceptors (Lipinski definition) is 5. The van der Waals surface area contributed by atoms with E-state index in [0.717, 1.165) is 43.2 Å². The number of aromatic nitrogens is 3. The molecule has 2 aromatic heterocycles. The minimum absolute atomic E-state index is 0.196. The summed E-state index contributed by atoms with van der Waals surface area (Å²) in [5.41, 5.74) is 0. The van der Waals surface area contributed by atoms with E-state index in [2.05, 4.69) is 14.5 Å². The molecule has 0 saturated carbocycles. The molecule has 0 aromatic carbocycles. The van der Waals surface area contributed by atoms with Gasteiger partial charge in [0.15, 0.2) is 0 Å². The Morgan fingerprint density at radius 2 is 2.20 bits per heavy atom. The molecule has 2 aromatic rings. The molecule has 0 radical (unpaired) electrons. The third kappa shape index (κ3) is 4.83. The highest BCUT2D eigenvalue weighted by Gasteiger charge is 2.27. The van der Waals surface area contributed by atoms with E-state index in [9.17, 15) is 4.79 Å². The van der Waals surface area contributed by atoms with Crippen molar-refractivity contribution in [3.05, 3.63) is 42.7 Å². The van der Waals surface area contributed by atoms with Gasteiger partial charge in [0.05, 0.1) is 12.4 Å². The zero-order valence-corrected chi connectivity index (χ0v) is 15.3. The van der Waals surface area contributed by atoms with Gasteiger partial charge in [0.2, 0.25) is 5.91 Å². The molecule has 1 fully saturated rings. The van der Waals surface area contributed by atoms with E-state index in [-0.39, 0.29) is 5.91 Å². The average Bonchev–Trinajstić information content (AvgIpc) is 3.14. The van der Waals surface area contributed by atoms with Crippen LogP contribution in [-0.4, -0.2) is 57.9 Å². The number of nitrogens with zero attached hydrogens (tertiary/aromatic N) is 4. The first kappa shape index (κ1) is 17.9. The van der Waals surface area contributed by atoms with Crippen molar-refractivity contribution in [1.29, 1.82) is 0 Å². The highest BCUT2D eigenvalue weighted by atomic mass is 32.2. The molecule has 7 heteroatoms. The summed E-state index contributed by atoms with van der Waals surface area (Å²) in [5.74, 6) is 2.03. The van der Waals surface area contributed by atoms with E-state index in [1.54, 1.807) is 31.3 Å². The third-order valence-electron chi connectivity index (χ3n) is 4.44. The molecule has 3 rings (SSSR count). The number of amides is 1. The van der Waals surface area contributed by atoms with Gasteiger partial charge < -0.3 is 14.2 Å². The smallest absolute Gasteiger partial charge is 0.232 e. The Labute approximate surface area is 152 Å². The number of carbonyl (C=O) groups excluding carboxylic acids is 1. The molecule has 134 valence electrons. The largest absolute Gasteiger partial charge is 0.383 e. The Hall–Kier alpha value is -1.86. The van der Waals surface area contributed by atoms with Crippen LogP contribution in [0.1, 0.15) is 24.6 Å². The fourth-order valence-corrected chi connectivity index (χ4v) is 3.93. The predicted octanol–water partition coefficient (Wildman–Crippen LogP) is 2.42. The molecule has 1 saturated heterocycles. The number of thioether (sulfide) groups is 1. The van der Waals surface area contributed by atoms with Crippen LogP contribution in [0, 0.1) is 0 Å². The van der Waals surface area contributed by atoms with Gasteiger partial charge in [0.25, 0.3) is 0 Å². The quantitative estimate of drug-likeness (QED) is 0.710. The summed E-state index contributed by atoms with van der Waals surface area (Å²) in [5, 5.41) is 0. The Morgan fingerprint density at radius 1 is 1.36 bits per heavy atom. The van der Waals surface area contributed by atoms with Crippen LogP contribution in [-0.2, 0) is 16.1 Å². The molecule has 1 atom stereocenters. The molecular weight excluding hydrogens is 336 g/mol. The SMILES string of the molecule is COCCn1ccnc1C1CCCN(C(=O)CSc2ccncc2)C1. The highest BCUT2D eigenvalue weighted by molar-refractivity contribution is 8.00. The molecule has 0 spiro atoms. The van der Waals surface area contributed by atoms with Crippen molar-refractivity contribution in [2.24, 2.45) is 0 Å². The van der Waals surface area contributed by atoms with E-state index in [1.807, 2.05) is 29.4 Å². The maximum absolute atomic E-state index is 12.6. The van der Waals surface area contributed by atoms with Gasteiger partial charge in [0, 0.05) is 62.3 Å². The molecule has 1 aliphatic rings. The number of carbonyl (C=O) groups is 1. The zero-order valence-electron chi connectivity index (χ0n) is 14.5. The topological polar surface area (TPSA) is 60.2 Å². The van der Waals surface area contributed by atoms with Crippen molar-refractivity contribution in [2.75, 3.05) is 32.6 Å². The average molecular weight is 360 g/mol. The fraction of sp³-hybridized carbons (Fsp3) is 0.500. The van der Waals surface area contributed by atoms with Gasteiger partial charge in [0.1, 0.15) is 5.82 Å². The van der Waals surface area contributed by atoms with Crippen LogP contribution in [0.3, 0.4) is 0 Å². The molecule has 25 heavy (non-hydrogen) atoms. The summed E-state index contributed by atoms with van der Waals surface area (Å²) < 4.78 is 7.32. The Balaban J connectivity index is 1.57. The predicted molar refractivity (Wildman–Crippen MR) is 97.6 cm³/mol. The highest BCUT2D eigenvalue weighted by Crippen LogP contribution is 2.27. The summed E-state index contributed by atoms with van der Waals surface area (Å²) >= 11 is 1.57. The first-order valence-electron chi connectivity index (χ1n) is 8.58. The van der Waals surface area contributed by atoms with Gasteiger partial charge >= 0.3 is 0 Å². The Bertz CT molecular complexity index is 677. The number of pyridine rings is 1. The fourth-order valence-electron chi connectivity index (χ4n) is 3.14. The summed E-state index contributed by atoms with van der Waals surface area (Å²) in [6.07, 6.45) is 9.44. The first-order valence-corrected chi connectivity index (χ1v) is 9.57. The van der Waals surface area contributed by atoms with Crippen molar-refractivity contribution >= 4 is 17.7 Å². The Kier molecular flexibility index (Phi) is 6.47. The van der Waals surface area contributed by atoms with Gasteiger partial charge in [-0.15, -0.1) is 11.8 Å². The van der Waals surface area contributed by atoms with Crippen LogP contribution < -0.4 is 0 Å². The number of methoxy groups -OCH3 is 1. The number of imidazole rings is 1. The monoisotopic (exact) mass is 360 g/mol. The van der Waals surface area contributed by atoms with Crippen LogP contribution >= 0.6 is 11.8 Å². The van der Waals surface area contributed by atoms with Crippen molar-refractivity contribution < 1.29 is 9.53 Å². The maximum Gasteiger partial charge on any atom is 0.232 e. The molecule has 6 nitrogen and oxygen atoms in total. The van der Waals surface area contributed by atoms with Gasteiger partial charge in [-0.05, 0) is 25.0 Å². The molecule has 1 amide bonds. The van der Waals surface area contributed by atoms with Crippen molar-refractivity contribution in [2.45, 2.75) is 30.2 Å². The lowest BCUT2D eigenvalue weighted by atomic mass is 9.97. The third-order valence-corrected chi connectivity index (χ3v) is 5.43. The van der Waals surface area contributed by atoms with Crippen molar-refractivity contribution in [3.63, 3.8) is 0 Å². The van der Waals surface area contributed by atoms with E-state index in [1.165, 1.54) is 0 Å². The number of likely N-dealkylation sites (tertiary alicyclic amines) is 1. The minimum Gasteiger partial charge on any atom is -0.383 e. The van der Waals surface area contributed by atoms with Crippen LogP contribution in [0.15, 0.2) is 41.8 Å². The van der Waals surface area contributed by atoms with E-state index in [4.69, 9.17) is 4.74 Å². The number of piperidine rings is 1. The van der Waals surface area contributed by atoms with Crippen molar-refractivity contribution in [1.82, 2.24) is 19.4 Å². The van der Waals surface area contributed by atoms with E-state index in [0.29, 0.717) is 18.3 Å². The zero-order chi connectivity index (χ0) is 17.5. The van der Waals surface area contributed by atoms with Crippen LogP contribution in [0.5, 0.6) is 0 Å².